The van der Waals surface area contributed by atoms with Gasteiger partial charge in [0.2, 0.25) is 5.95 Å². The van der Waals surface area contributed by atoms with Crippen molar-refractivity contribution in [3.63, 3.8) is 0 Å². The molecule has 0 saturated carbocycles. The molecule has 0 spiro atoms. The van der Waals surface area contributed by atoms with E-state index < -0.39 is 0 Å². The smallest absolute Gasteiger partial charge is 0.201 e. The minimum absolute atomic E-state index is 0.192. The van der Waals surface area contributed by atoms with Crippen molar-refractivity contribution in [2.24, 2.45) is 0 Å². The zero-order chi connectivity index (χ0) is 14.8. The molecule has 0 saturated heterocycles. The van der Waals surface area contributed by atoms with Gasteiger partial charge < -0.3 is 25.7 Å². The van der Waals surface area contributed by atoms with Gasteiger partial charge >= 0.3 is 0 Å². The maximum Gasteiger partial charge on any atom is 0.201 e. The Morgan fingerprint density at radius 3 is 3.00 bits per heavy atom. The molecule has 0 aliphatic carbocycles. The van der Waals surface area contributed by atoms with Crippen molar-refractivity contribution in [2.75, 3.05) is 32.9 Å². The summed E-state index contributed by atoms with van der Waals surface area (Å²) >= 11 is 0. The second-order valence-corrected chi connectivity index (χ2v) is 5.49. The lowest BCUT2D eigenvalue weighted by molar-refractivity contribution is 0.231. The average molecular weight is 289 g/mol. The molecule has 0 amide bonds. The van der Waals surface area contributed by atoms with Gasteiger partial charge in [0.15, 0.2) is 0 Å². The summed E-state index contributed by atoms with van der Waals surface area (Å²) in [6, 6.07) is 4.01. The van der Waals surface area contributed by atoms with Crippen molar-refractivity contribution in [1.82, 2.24) is 20.2 Å². The fourth-order valence-electron chi connectivity index (χ4n) is 3.03. The van der Waals surface area contributed by atoms with Gasteiger partial charge in [-0.2, -0.15) is 0 Å². The first-order valence-corrected chi connectivity index (χ1v) is 7.48. The second-order valence-electron chi connectivity index (χ2n) is 5.49. The number of hydrogen-bond donors (Lipinski definition) is 3. The molecule has 1 aliphatic heterocycles. The standard InChI is InChI=1S/C15H23N5O/c1-17-6-3-7-20-14-11-8-10(9-18-2)21-13(11)5-4-12(14)19-15(20)16/h4-5,10,17-18H,3,6-9H2,1-2H3,(H2,16,19). The molecular weight excluding hydrogens is 266 g/mol. The number of aromatic nitrogens is 2. The van der Waals surface area contributed by atoms with Crippen LogP contribution in [0.2, 0.25) is 0 Å². The summed E-state index contributed by atoms with van der Waals surface area (Å²) in [6.07, 6.45) is 2.12. The van der Waals surface area contributed by atoms with Crippen LogP contribution in [0, 0.1) is 0 Å². The molecule has 1 unspecified atom stereocenters. The van der Waals surface area contributed by atoms with Gasteiger partial charge in [-0.3, -0.25) is 0 Å². The quantitative estimate of drug-likeness (QED) is 0.684. The predicted molar refractivity (Wildman–Crippen MR) is 84.7 cm³/mol. The summed E-state index contributed by atoms with van der Waals surface area (Å²) in [5.41, 5.74) is 9.44. The van der Waals surface area contributed by atoms with Gasteiger partial charge in [-0.25, -0.2) is 4.98 Å². The van der Waals surface area contributed by atoms with Crippen LogP contribution in [0.25, 0.3) is 11.0 Å². The van der Waals surface area contributed by atoms with Crippen LogP contribution in [0.4, 0.5) is 5.95 Å². The lowest BCUT2D eigenvalue weighted by Crippen LogP contribution is -2.27. The molecule has 1 aliphatic rings. The number of rotatable bonds is 6. The number of ether oxygens (including phenoxy) is 1. The van der Waals surface area contributed by atoms with E-state index in [9.17, 15) is 0 Å². The zero-order valence-corrected chi connectivity index (χ0v) is 12.6. The van der Waals surface area contributed by atoms with E-state index in [1.807, 2.05) is 26.2 Å². The number of anilines is 1. The van der Waals surface area contributed by atoms with E-state index in [2.05, 4.69) is 20.2 Å². The molecule has 6 heteroatoms. The van der Waals surface area contributed by atoms with Crippen LogP contribution in [0.1, 0.15) is 12.0 Å². The highest BCUT2D eigenvalue weighted by molar-refractivity contribution is 5.84. The van der Waals surface area contributed by atoms with Crippen LogP contribution < -0.4 is 21.1 Å². The number of benzene rings is 1. The monoisotopic (exact) mass is 289 g/mol. The molecule has 6 nitrogen and oxygen atoms in total. The third-order valence-electron chi connectivity index (χ3n) is 3.97. The predicted octanol–water partition coefficient (Wildman–Crippen LogP) is 0.751. The van der Waals surface area contributed by atoms with Gasteiger partial charge in [-0.15, -0.1) is 0 Å². The average Bonchev–Trinajstić information content (AvgIpc) is 3.00. The first-order valence-electron chi connectivity index (χ1n) is 7.48. The SMILES string of the molecule is CNCCCn1c(N)nc2ccc3c(c21)CC(CNC)O3. The summed E-state index contributed by atoms with van der Waals surface area (Å²) in [5, 5.41) is 6.34. The third-order valence-corrected chi connectivity index (χ3v) is 3.97. The first-order chi connectivity index (χ1) is 10.2. The molecule has 3 rings (SSSR count). The summed E-state index contributed by atoms with van der Waals surface area (Å²) in [7, 11) is 3.91. The summed E-state index contributed by atoms with van der Waals surface area (Å²) in [6.45, 7) is 2.68. The summed E-state index contributed by atoms with van der Waals surface area (Å²) < 4.78 is 8.11. The Bertz CT molecular complexity index is 637. The minimum Gasteiger partial charge on any atom is -0.488 e. The lowest BCUT2D eigenvalue weighted by atomic mass is 10.1. The van der Waals surface area contributed by atoms with Crippen LogP contribution in [0.15, 0.2) is 12.1 Å². The number of nitrogens with one attached hydrogen (secondary N) is 2. The van der Waals surface area contributed by atoms with Crippen molar-refractivity contribution in [3.05, 3.63) is 17.7 Å². The highest BCUT2D eigenvalue weighted by atomic mass is 16.5. The number of hydrogen-bond acceptors (Lipinski definition) is 5. The maximum atomic E-state index is 6.10. The number of nitrogens with zero attached hydrogens (tertiary/aromatic N) is 2. The number of nitrogen functional groups attached to an aromatic ring is 1. The molecule has 0 radical (unpaired) electrons. The molecule has 4 N–H and O–H groups in total. The number of fused-ring (bicyclic) bond motifs is 3. The van der Waals surface area contributed by atoms with Crippen LogP contribution in [-0.2, 0) is 13.0 Å². The topological polar surface area (TPSA) is 77.1 Å². The molecule has 2 aromatic rings. The Hall–Kier alpha value is -1.79. The fraction of sp³-hybridized carbons (Fsp3) is 0.533. The van der Waals surface area contributed by atoms with Crippen LogP contribution in [0.3, 0.4) is 0 Å². The zero-order valence-electron chi connectivity index (χ0n) is 12.6. The van der Waals surface area contributed by atoms with Crippen LogP contribution >= 0.6 is 0 Å². The molecule has 114 valence electrons. The van der Waals surface area contributed by atoms with Gasteiger partial charge in [0.25, 0.3) is 0 Å². The Morgan fingerprint density at radius 2 is 2.24 bits per heavy atom. The number of aryl methyl sites for hydroxylation is 1. The Balaban J connectivity index is 1.97. The maximum absolute atomic E-state index is 6.10. The van der Waals surface area contributed by atoms with Crippen molar-refractivity contribution < 1.29 is 4.74 Å². The molecule has 2 heterocycles. The van der Waals surface area contributed by atoms with Gasteiger partial charge in [-0.05, 0) is 39.2 Å². The number of nitrogens with two attached hydrogens (primary N) is 1. The summed E-state index contributed by atoms with van der Waals surface area (Å²) in [5.74, 6) is 1.56. The van der Waals surface area contributed by atoms with E-state index in [0.29, 0.717) is 5.95 Å². The molecule has 0 fully saturated rings. The minimum atomic E-state index is 0.192. The highest BCUT2D eigenvalue weighted by Crippen LogP contribution is 2.35. The van der Waals surface area contributed by atoms with E-state index in [-0.39, 0.29) is 6.10 Å². The van der Waals surface area contributed by atoms with E-state index in [1.54, 1.807) is 0 Å². The van der Waals surface area contributed by atoms with Crippen LogP contribution in [-0.4, -0.2) is 42.8 Å². The molecule has 1 aromatic carbocycles. The Kier molecular flexibility index (Phi) is 3.98. The summed E-state index contributed by atoms with van der Waals surface area (Å²) in [4.78, 5) is 4.49. The largest absolute Gasteiger partial charge is 0.488 e. The van der Waals surface area contributed by atoms with Gasteiger partial charge in [0.1, 0.15) is 11.9 Å². The van der Waals surface area contributed by atoms with E-state index in [0.717, 1.165) is 49.3 Å². The van der Waals surface area contributed by atoms with E-state index >= 15 is 0 Å². The number of likely N-dealkylation sites (N-methyl/N-ethyl adjacent to an activating group) is 1. The third kappa shape index (κ3) is 2.56. The molecular formula is C15H23N5O. The molecule has 21 heavy (non-hydrogen) atoms. The van der Waals surface area contributed by atoms with Crippen molar-refractivity contribution in [1.29, 1.82) is 0 Å². The molecule has 1 aromatic heterocycles. The lowest BCUT2D eigenvalue weighted by Gasteiger charge is -2.08. The van der Waals surface area contributed by atoms with Crippen molar-refractivity contribution >= 4 is 17.0 Å². The van der Waals surface area contributed by atoms with E-state index in [1.165, 1.54) is 5.56 Å². The fourth-order valence-corrected chi connectivity index (χ4v) is 3.03. The normalized spacial score (nSPS) is 17.1. The molecule has 0 bridgehead atoms. The second kappa shape index (κ2) is 5.91. The first kappa shape index (κ1) is 14.2. The molecule has 1 atom stereocenters. The van der Waals surface area contributed by atoms with Crippen molar-refractivity contribution in [2.45, 2.75) is 25.5 Å². The van der Waals surface area contributed by atoms with Crippen LogP contribution in [0.5, 0.6) is 5.75 Å². The Labute approximate surface area is 124 Å². The highest BCUT2D eigenvalue weighted by Gasteiger charge is 2.26. The van der Waals surface area contributed by atoms with Gasteiger partial charge in [0.05, 0.1) is 11.0 Å². The van der Waals surface area contributed by atoms with Crippen molar-refractivity contribution in [3.8, 4) is 5.75 Å². The van der Waals surface area contributed by atoms with Gasteiger partial charge in [-0.1, -0.05) is 0 Å². The Morgan fingerprint density at radius 1 is 1.38 bits per heavy atom. The van der Waals surface area contributed by atoms with Gasteiger partial charge in [0, 0.05) is 25.1 Å². The van der Waals surface area contributed by atoms with E-state index in [4.69, 9.17) is 10.5 Å². The number of imidazole rings is 1.